The predicted octanol–water partition coefficient (Wildman–Crippen LogP) is 2.52. The maximum absolute atomic E-state index is 5.44. The van der Waals surface area contributed by atoms with Crippen LogP contribution in [0, 0.1) is 6.92 Å². The van der Waals surface area contributed by atoms with E-state index >= 15 is 0 Å². The first-order valence-corrected chi connectivity index (χ1v) is 6.91. The molecule has 2 aromatic rings. The van der Waals surface area contributed by atoms with Gasteiger partial charge in [0.2, 0.25) is 11.7 Å². The number of methoxy groups -OCH3 is 1. The summed E-state index contributed by atoms with van der Waals surface area (Å²) in [6, 6.07) is 6.29. The zero-order chi connectivity index (χ0) is 14.1. The van der Waals surface area contributed by atoms with Crippen molar-refractivity contribution in [3.63, 3.8) is 0 Å². The zero-order valence-corrected chi connectivity index (χ0v) is 12.0. The lowest BCUT2D eigenvalue weighted by Gasteiger charge is -2.08. The van der Waals surface area contributed by atoms with E-state index in [1.54, 1.807) is 7.11 Å². The van der Waals surface area contributed by atoms with Crippen LogP contribution in [0.5, 0.6) is 5.75 Å². The Morgan fingerprint density at radius 2 is 2.25 bits per heavy atom. The molecule has 20 heavy (non-hydrogen) atoms. The average Bonchev–Trinajstić information content (AvgIpc) is 3.07. The summed E-state index contributed by atoms with van der Waals surface area (Å²) < 4.78 is 10.7. The molecule has 5 nitrogen and oxygen atoms in total. The van der Waals surface area contributed by atoms with Crippen molar-refractivity contribution in [1.29, 1.82) is 0 Å². The lowest BCUT2D eigenvalue weighted by atomic mass is 10.0. The summed E-state index contributed by atoms with van der Waals surface area (Å²) in [5.41, 5.74) is 2.02. The Morgan fingerprint density at radius 3 is 2.90 bits per heavy atom. The monoisotopic (exact) mass is 273 g/mol. The van der Waals surface area contributed by atoms with E-state index in [1.807, 2.05) is 25.1 Å². The highest BCUT2D eigenvalue weighted by molar-refractivity contribution is 5.58. The summed E-state index contributed by atoms with van der Waals surface area (Å²) in [7, 11) is 1.67. The summed E-state index contributed by atoms with van der Waals surface area (Å²) in [5, 5.41) is 7.50. The largest absolute Gasteiger partial charge is 0.496 e. The van der Waals surface area contributed by atoms with Gasteiger partial charge in [0, 0.05) is 11.6 Å². The van der Waals surface area contributed by atoms with Crippen LogP contribution >= 0.6 is 0 Å². The molecule has 0 radical (unpaired) electrons. The normalized spacial score (nSPS) is 22.1. The number of aryl methyl sites for hydroxylation is 1. The zero-order valence-electron chi connectivity index (χ0n) is 12.0. The highest BCUT2D eigenvalue weighted by Gasteiger charge is 2.29. The molecule has 1 aromatic carbocycles. The van der Waals surface area contributed by atoms with Crippen LogP contribution < -0.4 is 10.1 Å². The van der Waals surface area contributed by atoms with Crippen LogP contribution in [0.25, 0.3) is 11.4 Å². The van der Waals surface area contributed by atoms with Crippen molar-refractivity contribution in [2.45, 2.75) is 32.2 Å². The number of ether oxygens (including phenoxy) is 1. The van der Waals surface area contributed by atoms with Crippen molar-refractivity contribution in [3.8, 4) is 17.1 Å². The molecule has 3 rings (SSSR count). The molecular formula is C15H19N3O2. The fourth-order valence-electron chi connectivity index (χ4n) is 2.72. The van der Waals surface area contributed by atoms with Gasteiger partial charge in [-0.2, -0.15) is 4.98 Å². The van der Waals surface area contributed by atoms with Gasteiger partial charge in [0.15, 0.2) is 0 Å². The van der Waals surface area contributed by atoms with E-state index in [1.165, 1.54) is 0 Å². The number of nitrogens with one attached hydrogen (secondary N) is 1. The summed E-state index contributed by atoms with van der Waals surface area (Å²) in [6.07, 6.45) is 1.05. The third-order valence-electron chi connectivity index (χ3n) is 3.94. The van der Waals surface area contributed by atoms with Gasteiger partial charge in [0.25, 0.3) is 0 Å². The molecule has 1 aliphatic heterocycles. The Labute approximate surface area is 118 Å². The van der Waals surface area contributed by atoms with E-state index in [4.69, 9.17) is 9.26 Å². The van der Waals surface area contributed by atoms with Gasteiger partial charge in [-0.05, 0) is 50.6 Å². The predicted molar refractivity (Wildman–Crippen MR) is 75.8 cm³/mol. The topological polar surface area (TPSA) is 60.2 Å². The van der Waals surface area contributed by atoms with Crippen molar-refractivity contribution in [2.24, 2.45) is 0 Å². The van der Waals surface area contributed by atoms with E-state index in [0.29, 0.717) is 17.8 Å². The average molecular weight is 273 g/mol. The van der Waals surface area contributed by atoms with Crippen molar-refractivity contribution >= 4 is 0 Å². The number of nitrogens with zero attached hydrogens (tertiary/aromatic N) is 2. The van der Waals surface area contributed by atoms with Crippen molar-refractivity contribution in [2.75, 3.05) is 13.7 Å². The highest BCUT2D eigenvalue weighted by atomic mass is 16.5. The van der Waals surface area contributed by atoms with Gasteiger partial charge in [-0.25, -0.2) is 0 Å². The minimum absolute atomic E-state index is 0.315. The van der Waals surface area contributed by atoms with Crippen LogP contribution in [-0.2, 0) is 0 Å². The van der Waals surface area contributed by atoms with E-state index in [2.05, 4.69) is 22.4 Å². The Morgan fingerprint density at radius 1 is 1.40 bits per heavy atom. The maximum atomic E-state index is 5.44. The Bertz CT molecular complexity index is 609. The maximum Gasteiger partial charge on any atom is 0.231 e. The van der Waals surface area contributed by atoms with Crippen molar-refractivity contribution in [3.05, 3.63) is 29.7 Å². The Kier molecular flexibility index (Phi) is 3.44. The minimum atomic E-state index is 0.315. The molecule has 1 aliphatic rings. The van der Waals surface area contributed by atoms with Crippen LogP contribution in [0.1, 0.15) is 30.7 Å². The van der Waals surface area contributed by atoms with Gasteiger partial charge in [-0.3, -0.25) is 0 Å². The second-order valence-electron chi connectivity index (χ2n) is 5.28. The van der Waals surface area contributed by atoms with Gasteiger partial charge in [0.1, 0.15) is 5.75 Å². The van der Waals surface area contributed by atoms with Crippen LogP contribution in [0.3, 0.4) is 0 Å². The van der Waals surface area contributed by atoms with Crippen molar-refractivity contribution in [1.82, 2.24) is 15.5 Å². The van der Waals surface area contributed by atoms with Crippen LogP contribution in [0.4, 0.5) is 0 Å². The molecule has 2 atom stereocenters. The van der Waals surface area contributed by atoms with E-state index < -0.39 is 0 Å². The highest BCUT2D eigenvalue weighted by Crippen LogP contribution is 2.29. The lowest BCUT2D eigenvalue weighted by molar-refractivity contribution is 0.345. The smallest absolute Gasteiger partial charge is 0.231 e. The fraction of sp³-hybridized carbons (Fsp3) is 0.467. The number of aromatic nitrogens is 2. The second kappa shape index (κ2) is 5.25. The number of hydrogen-bond donors (Lipinski definition) is 1. The first kappa shape index (κ1) is 13.1. The molecular weight excluding hydrogens is 254 g/mol. The van der Waals surface area contributed by atoms with Gasteiger partial charge in [-0.15, -0.1) is 0 Å². The number of benzene rings is 1. The Balaban J connectivity index is 1.88. The van der Waals surface area contributed by atoms with Crippen LogP contribution in [0.2, 0.25) is 0 Å². The first-order valence-electron chi connectivity index (χ1n) is 6.91. The van der Waals surface area contributed by atoms with Gasteiger partial charge >= 0.3 is 0 Å². The number of rotatable bonds is 3. The molecule has 0 spiro atoms. The molecule has 106 valence electrons. The standard InChI is InChI=1S/C15H19N3O2/c1-9-8-11(4-5-13(9)19-3)14-17-15(20-18-14)12-6-7-16-10(12)2/h4-5,8,10,12,16H,6-7H2,1-3H3. The summed E-state index contributed by atoms with van der Waals surface area (Å²) in [5.74, 6) is 2.55. The molecule has 1 saturated heterocycles. The molecule has 2 unspecified atom stereocenters. The quantitative estimate of drug-likeness (QED) is 0.931. The molecule has 0 amide bonds. The number of hydrogen-bond acceptors (Lipinski definition) is 5. The van der Waals surface area contributed by atoms with Gasteiger partial charge < -0.3 is 14.6 Å². The SMILES string of the molecule is COc1ccc(-c2noc(C3CCNC3C)n2)cc1C. The molecule has 0 aliphatic carbocycles. The third-order valence-corrected chi connectivity index (χ3v) is 3.94. The molecule has 5 heteroatoms. The molecule has 1 fully saturated rings. The summed E-state index contributed by atoms with van der Waals surface area (Å²) in [4.78, 5) is 4.55. The van der Waals surface area contributed by atoms with E-state index in [-0.39, 0.29) is 0 Å². The van der Waals surface area contributed by atoms with Crippen LogP contribution in [-0.4, -0.2) is 29.8 Å². The summed E-state index contributed by atoms with van der Waals surface area (Å²) >= 11 is 0. The molecule has 1 aromatic heterocycles. The minimum Gasteiger partial charge on any atom is -0.496 e. The molecule has 0 bridgehead atoms. The van der Waals surface area contributed by atoms with Gasteiger partial charge in [-0.1, -0.05) is 5.16 Å². The molecule has 0 saturated carbocycles. The summed E-state index contributed by atoms with van der Waals surface area (Å²) in [6.45, 7) is 5.16. The van der Waals surface area contributed by atoms with E-state index in [9.17, 15) is 0 Å². The lowest BCUT2D eigenvalue weighted by Crippen LogP contribution is -2.21. The molecule has 2 heterocycles. The van der Waals surface area contributed by atoms with Crippen LogP contribution in [0.15, 0.2) is 22.7 Å². The molecule has 1 N–H and O–H groups in total. The van der Waals surface area contributed by atoms with Crippen molar-refractivity contribution < 1.29 is 9.26 Å². The first-order chi connectivity index (χ1) is 9.69. The fourth-order valence-corrected chi connectivity index (χ4v) is 2.72. The van der Waals surface area contributed by atoms with Gasteiger partial charge in [0.05, 0.1) is 13.0 Å². The Hall–Kier alpha value is -1.88. The van der Waals surface area contributed by atoms with E-state index in [0.717, 1.165) is 35.7 Å². The second-order valence-corrected chi connectivity index (χ2v) is 5.28. The third kappa shape index (κ3) is 2.29.